The van der Waals surface area contributed by atoms with Gasteiger partial charge >= 0.3 is 5.97 Å². The zero-order chi connectivity index (χ0) is 16.2. The predicted molar refractivity (Wildman–Crippen MR) is 91.4 cm³/mol. The van der Waals surface area contributed by atoms with Crippen molar-refractivity contribution >= 4 is 5.97 Å². The fraction of sp³-hybridized carbons (Fsp3) is 0.350. The molecule has 23 heavy (non-hydrogen) atoms. The molecule has 1 heterocycles. The lowest BCUT2D eigenvalue weighted by Gasteiger charge is -2.39. The van der Waals surface area contributed by atoms with Gasteiger partial charge in [0.1, 0.15) is 6.04 Å². The smallest absolute Gasteiger partial charge is 0.320 e. The molecule has 1 aliphatic heterocycles. The average molecular weight is 309 g/mol. The lowest BCUT2D eigenvalue weighted by molar-refractivity contribution is -0.145. The zero-order valence-electron chi connectivity index (χ0n) is 13.5. The fourth-order valence-corrected chi connectivity index (χ4v) is 3.58. The van der Waals surface area contributed by atoms with Crippen LogP contribution in [0, 0.1) is 6.92 Å². The molecule has 0 aromatic heterocycles. The molecule has 3 heteroatoms. The van der Waals surface area contributed by atoms with Crippen molar-refractivity contribution in [1.29, 1.82) is 0 Å². The van der Waals surface area contributed by atoms with Crippen molar-refractivity contribution < 1.29 is 9.90 Å². The third-order valence-electron chi connectivity index (χ3n) is 4.63. The SMILES string of the molecule is Cc1cccc(C(c2ccccc2)N2CCCCC2C(=O)O)c1. The Labute approximate surface area is 137 Å². The van der Waals surface area contributed by atoms with Crippen LogP contribution in [0.3, 0.4) is 0 Å². The van der Waals surface area contributed by atoms with Gasteiger partial charge in [-0.3, -0.25) is 9.69 Å². The number of benzene rings is 2. The standard InChI is InChI=1S/C20H23NO2/c1-15-8-7-11-17(14-15)19(16-9-3-2-4-10-16)21-13-6-5-12-18(21)20(22)23/h2-4,7-11,14,18-19H,5-6,12-13H2,1H3,(H,22,23). The second-order valence-corrected chi connectivity index (χ2v) is 6.32. The molecule has 1 aliphatic rings. The molecule has 3 nitrogen and oxygen atoms in total. The first-order valence-electron chi connectivity index (χ1n) is 8.27. The van der Waals surface area contributed by atoms with Gasteiger partial charge in [-0.1, -0.05) is 66.6 Å². The lowest BCUT2D eigenvalue weighted by Crippen LogP contribution is -2.46. The summed E-state index contributed by atoms with van der Waals surface area (Å²) in [6.07, 6.45) is 2.77. The quantitative estimate of drug-likeness (QED) is 0.927. The molecule has 0 saturated carbocycles. The second kappa shape index (κ2) is 6.97. The Kier molecular flexibility index (Phi) is 4.77. The van der Waals surface area contributed by atoms with Gasteiger partial charge < -0.3 is 5.11 Å². The van der Waals surface area contributed by atoms with E-state index in [2.05, 4.69) is 48.2 Å². The molecule has 0 aliphatic carbocycles. The summed E-state index contributed by atoms with van der Waals surface area (Å²) in [5.41, 5.74) is 3.53. The van der Waals surface area contributed by atoms with Crippen molar-refractivity contribution in [3.8, 4) is 0 Å². The van der Waals surface area contributed by atoms with E-state index in [4.69, 9.17) is 0 Å². The average Bonchev–Trinajstić information content (AvgIpc) is 2.56. The summed E-state index contributed by atoms with van der Waals surface area (Å²) in [5, 5.41) is 9.66. The molecule has 2 unspecified atom stereocenters. The molecule has 0 amide bonds. The van der Waals surface area contributed by atoms with Crippen molar-refractivity contribution in [2.24, 2.45) is 0 Å². The van der Waals surface area contributed by atoms with Gasteiger partial charge in [-0.05, 0) is 37.4 Å². The van der Waals surface area contributed by atoms with Gasteiger partial charge in [0.05, 0.1) is 6.04 Å². The Morgan fingerprint density at radius 1 is 1.09 bits per heavy atom. The molecule has 120 valence electrons. The van der Waals surface area contributed by atoms with E-state index >= 15 is 0 Å². The number of carbonyl (C=O) groups is 1. The van der Waals surface area contributed by atoms with Gasteiger partial charge in [-0.25, -0.2) is 0 Å². The van der Waals surface area contributed by atoms with Crippen LogP contribution in [-0.4, -0.2) is 28.6 Å². The van der Waals surface area contributed by atoms with Gasteiger partial charge in [-0.15, -0.1) is 0 Å². The van der Waals surface area contributed by atoms with E-state index in [0.717, 1.165) is 31.4 Å². The molecule has 1 saturated heterocycles. The highest BCUT2D eigenvalue weighted by Crippen LogP contribution is 2.34. The highest BCUT2D eigenvalue weighted by molar-refractivity contribution is 5.73. The first kappa shape index (κ1) is 15.8. The van der Waals surface area contributed by atoms with E-state index < -0.39 is 12.0 Å². The Morgan fingerprint density at radius 3 is 2.52 bits per heavy atom. The molecule has 1 N–H and O–H groups in total. The van der Waals surface area contributed by atoms with E-state index in [1.807, 2.05) is 18.2 Å². The molecule has 0 spiro atoms. The van der Waals surface area contributed by atoms with Crippen LogP contribution < -0.4 is 0 Å². The van der Waals surface area contributed by atoms with Crippen LogP contribution in [0.4, 0.5) is 0 Å². The minimum Gasteiger partial charge on any atom is -0.480 e. The molecule has 2 aromatic rings. The summed E-state index contributed by atoms with van der Waals surface area (Å²) in [6, 6.07) is 18.3. The number of hydrogen-bond acceptors (Lipinski definition) is 2. The normalized spacial score (nSPS) is 20.1. The lowest BCUT2D eigenvalue weighted by atomic mass is 9.91. The van der Waals surface area contributed by atoms with Crippen LogP contribution in [-0.2, 0) is 4.79 Å². The third-order valence-corrected chi connectivity index (χ3v) is 4.63. The number of rotatable bonds is 4. The number of aryl methyl sites for hydroxylation is 1. The maximum atomic E-state index is 11.8. The van der Waals surface area contributed by atoms with E-state index in [0.29, 0.717) is 0 Å². The molecule has 0 radical (unpaired) electrons. The molecular formula is C20H23NO2. The predicted octanol–water partition coefficient (Wildman–Crippen LogP) is 4.02. The van der Waals surface area contributed by atoms with Crippen molar-refractivity contribution in [2.75, 3.05) is 6.54 Å². The van der Waals surface area contributed by atoms with Crippen molar-refractivity contribution in [1.82, 2.24) is 4.90 Å². The van der Waals surface area contributed by atoms with Crippen LogP contribution in [0.2, 0.25) is 0 Å². The van der Waals surface area contributed by atoms with Crippen LogP contribution in [0.25, 0.3) is 0 Å². The molecule has 3 rings (SSSR count). The van der Waals surface area contributed by atoms with Gasteiger partial charge in [0.15, 0.2) is 0 Å². The van der Waals surface area contributed by atoms with Gasteiger partial charge in [0, 0.05) is 0 Å². The number of nitrogens with zero attached hydrogens (tertiary/aromatic N) is 1. The number of carboxylic acids is 1. The maximum absolute atomic E-state index is 11.8. The van der Waals surface area contributed by atoms with Crippen LogP contribution in [0.5, 0.6) is 0 Å². The maximum Gasteiger partial charge on any atom is 0.320 e. The van der Waals surface area contributed by atoms with Crippen LogP contribution >= 0.6 is 0 Å². The highest BCUT2D eigenvalue weighted by atomic mass is 16.4. The molecule has 2 atom stereocenters. The summed E-state index contributed by atoms with van der Waals surface area (Å²) < 4.78 is 0. The summed E-state index contributed by atoms with van der Waals surface area (Å²) in [4.78, 5) is 13.9. The molecule has 1 fully saturated rings. The van der Waals surface area contributed by atoms with Gasteiger partial charge in [0.2, 0.25) is 0 Å². The van der Waals surface area contributed by atoms with E-state index in [9.17, 15) is 9.90 Å². The van der Waals surface area contributed by atoms with Crippen molar-refractivity contribution in [3.63, 3.8) is 0 Å². The van der Waals surface area contributed by atoms with Crippen LogP contribution in [0.1, 0.15) is 42.0 Å². The first-order chi connectivity index (χ1) is 11.2. The fourth-order valence-electron chi connectivity index (χ4n) is 3.58. The Morgan fingerprint density at radius 2 is 1.83 bits per heavy atom. The molecule has 0 bridgehead atoms. The largest absolute Gasteiger partial charge is 0.480 e. The van der Waals surface area contributed by atoms with Gasteiger partial charge in [0.25, 0.3) is 0 Å². The van der Waals surface area contributed by atoms with Crippen molar-refractivity contribution in [3.05, 3.63) is 71.3 Å². The van der Waals surface area contributed by atoms with Crippen molar-refractivity contribution in [2.45, 2.75) is 38.3 Å². The van der Waals surface area contributed by atoms with E-state index in [1.165, 1.54) is 11.1 Å². The summed E-state index contributed by atoms with van der Waals surface area (Å²) >= 11 is 0. The van der Waals surface area contributed by atoms with E-state index in [-0.39, 0.29) is 6.04 Å². The second-order valence-electron chi connectivity index (χ2n) is 6.32. The number of aliphatic carboxylic acids is 1. The Hall–Kier alpha value is -2.13. The Balaban J connectivity index is 2.06. The minimum absolute atomic E-state index is 0.00231. The number of piperidine rings is 1. The number of likely N-dealkylation sites (tertiary alicyclic amines) is 1. The number of carboxylic acid groups (broad SMARTS) is 1. The van der Waals surface area contributed by atoms with Crippen LogP contribution in [0.15, 0.2) is 54.6 Å². The monoisotopic (exact) mass is 309 g/mol. The third kappa shape index (κ3) is 3.45. The minimum atomic E-state index is -0.710. The highest BCUT2D eigenvalue weighted by Gasteiger charge is 2.34. The molecular weight excluding hydrogens is 286 g/mol. The zero-order valence-corrected chi connectivity index (χ0v) is 13.5. The molecule has 2 aromatic carbocycles. The number of hydrogen-bond donors (Lipinski definition) is 1. The Bertz CT molecular complexity index is 668. The van der Waals surface area contributed by atoms with E-state index in [1.54, 1.807) is 0 Å². The summed E-state index contributed by atoms with van der Waals surface area (Å²) in [7, 11) is 0. The first-order valence-corrected chi connectivity index (χ1v) is 8.27. The van der Waals surface area contributed by atoms with Gasteiger partial charge in [-0.2, -0.15) is 0 Å². The summed E-state index contributed by atoms with van der Waals surface area (Å²) in [6.45, 7) is 2.90. The summed E-state index contributed by atoms with van der Waals surface area (Å²) in [5.74, 6) is -0.710. The topological polar surface area (TPSA) is 40.5 Å².